The Bertz CT molecular complexity index is 1070. The number of thioether (sulfide) groups is 1. The van der Waals surface area contributed by atoms with E-state index in [9.17, 15) is 14.9 Å². The third-order valence-electron chi connectivity index (χ3n) is 3.74. The van der Waals surface area contributed by atoms with Gasteiger partial charge in [-0.25, -0.2) is 0 Å². The summed E-state index contributed by atoms with van der Waals surface area (Å²) in [6.07, 6.45) is 1.86. The molecule has 1 aliphatic heterocycles. The van der Waals surface area contributed by atoms with Crippen molar-refractivity contribution in [2.75, 3.05) is 6.26 Å². The van der Waals surface area contributed by atoms with Crippen LogP contribution >= 0.6 is 23.1 Å². The van der Waals surface area contributed by atoms with Crippen molar-refractivity contribution >= 4 is 39.2 Å². The molecule has 22 heavy (non-hydrogen) atoms. The average Bonchev–Trinajstić information content (AvgIpc) is 3.04. The fourth-order valence-electron chi connectivity index (χ4n) is 2.82. The van der Waals surface area contributed by atoms with E-state index in [2.05, 4.69) is 6.07 Å². The first-order valence-electron chi connectivity index (χ1n) is 6.48. The lowest BCUT2D eigenvalue weighted by atomic mass is 10.1. The van der Waals surface area contributed by atoms with Crippen molar-refractivity contribution in [1.29, 1.82) is 5.26 Å². The van der Waals surface area contributed by atoms with Gasteiger partial charge < -0.3 is 0 Å². The smallest absolute Gasteiger partial charge is 0.263 e. The highest BCUT2D eigenvalue weighted by atomic mass is 32.2. The van der Waals surface area contributed by atoms with E-state index < -0.39 is 0 Å². The highest BCUT2D eigenvalue weighted by molar-refractivity contribution is 8.00. The zero-order valence-corrected chi connectivity index (χ0v) is 13.0. The van der Waals surface area contributed by atoms with Crippen LogP contribution in [0.4, 0.5) is 0 Å². The minimum absolute atomic E-state index is 0.146. The fraction of sp³-hybridized carbons (Fsp3) is 0.0625. The van der Waals surface area contributed by atoms with Crippen molar-refractivity contribution in [3.8, 4) is 17.3 Å². The topological polar surface area (TPSA) is 62.9 Å². The number of nitriles is 1. The number of aromatic nitrogens is 1. The van der Waals surface area contributed by atoms with Crippen LogP contribution in [0.3, 0.4) is 0 Å². The molecule has 2 aromatic heterocycles. The number of hydrogen-bond acceptors (Lipinski definition) is 5. The maximum atomic E-state index is 12.7. The Labute approximate surface area is 133 Å². The van der Waals surface area contributed by atoms with E-state index in [1.165, 1.54) is 33.7 Å². The largest absolute Gasteiger partial charge is 0.288 e. The summed E-state index contributed by atoms with van der Waals surface area (Å²) in [6.45, 7) is 0. The van der Waals surface area contributed by atoms with E-state index in [0.717, 1.165) is 9.77 Å². The number of pyridine rings is 1. The predicted octanol–water partition coefficient (Wildman–Crippen LogP) is 3.33. The first-order valence-corrected chi connectivity index (χ1v) is 8.52. The summed E-state index contributed by atoms with van der Waals surface area (Å²) in [6, 6.07) is 10.8. The number of nitrogens with zero attached hydrogens (tertiary/aromatic N) is 2. The zero-order valence-electron chi connectivity index (χ0n) is 11.4. The molecular formula is C16H8N2O2S2. The maximum absolute atomic E-state index is 12.7. The molecule has 0 fully saturated rings. The van der Waals surface area contributed by atoms with Crippen molar-refractivity contribution in [2.24, 2.45) is 0 Å². The Kier molecular flexibility index (Phi) is 2.76. The summed E-state index contributed by atoms with van der Waals surface area (Å²) < 4.78 is 2.74. The van der Waals surface area contributed by atoms with E-state index in [1.807, 2.05) is 18.4 Å². The van der Waals surface area contributed by atoms with Gasteiger partial charge in [-0.15, -0.1) is 23.1 Å². The Hall–Kier alpha value is -2.36. The van der Waals surface area contributed by atoms with Gasteiger partial charge in [0.1, 0.15) is 16.3 Å². The van der Waals surface area contributed by atoms with Crippen LogP contribution in [0, 0.1) is 11.3 Å². The summed E-state index contributed by atoms with van der Waals surface area (Å²) in [5, 5.41) is 9.48. The molecule has 4 rings (SSSR count). The highest BCUT2D eigenvalue weighted by Crippen LogP contribution is 2.40. The lowest BCUT2D eigenvalue weighted by Crippen LogP contribution is -2.12. The lowest BCUT2D eigenvalue weighted by molar-refractivity contribution is 0.0973. The standard InChI is InChI=1S/C16H8N2O2S2/c1-21-16-10(7-17)13-14(22-16)12(19)6-11-8-4-2-3-5-9(8)15(20)18(11)13/h2-6H,1H3. The van der Waals surface area contributed by atoms with E-state index in [-0.39, 0.29) is 11.3 Å². The van der Waals surface area contributed by atoms with Gasteiger partial charge in [0.05, 0.1) is 15.4 Å². The van der Waals surface area contributed by atoms with Crippen LogP contribution in [0.1, 0.15) is 15.9 Å². The van der Waals surface area contributed by atoms with Gasteiger partial charge in [0.15, 0.2) is 5.43 Å². The lowest BCUT2D eigenvalue weighted by Gasteiger charge is -2.04. The number of rotatable bonds is 1. The minimum Gasteiger partial charge on any atom is -0.288 e. The molecule has 0 bridgehead atoms. The number of fused-ring (bicyclic) bond motifs is 5. The van der Waals surface area contributed by atoms with Gasteiger partial charge >= 0.3 is 0 Å². The number of carbonyl (C=O) groups excluding carboxylic acids is 1. The third-order valence-corrected chi connectivity index (χ3v) is 6.05. The van der Waals surface area contributed by atoms with Crippen molar-refractivity contribution in [3.63, 3.8) is 0 Å². The second kappa shape index (κ2) is 4.57. The second-order valence-corrected chi connectivity index (χ2v) is 6.93. The van der Waals surface area contributed by atoms with Gasteiger partial charge in [0.25, 0.3) is 5.91 Å². The number of thiophene rings is 1. The van der Waals surface area contributed by atoms with Crippen LogP contribution in [0.25, 0.3) is 21.5 Å². The second-order valence-electron chi connectivity index (χ2n) is 4.84. The Morgan fingerprint density at radius 3 is 2.64 bits per heavy atom. The van der Waals surface area contributed by atoms with Crippen molar-refractivity contribution in [1.82, 2.24) is 4.57 Å². The van der Waals surface area contributed by atoms with E-state index in [4.69, 9.17) is 0 Å². The molecule has 0 radical (unpaired) electrons. The molecule has 4 nitrogen and oxygen atoms in total. The van der Waals surface area contributed by atoms with Gasteiger partial charge in [-0.1, -0.05) is 18.2 Å². The first-order chi connectivity index (χ1) is 10.7. The first kappa shape index (κ1) is 13.3. The molecule has 6 heteroatoms. The molecule has 0 aliphatic carbocycles. The van der Waals surface area contributed by atoms with Gasteiger partial charge in [-0.2, -0.15) is 5.26 Å². The summed E-state index contributed by atoms with van der Waals surface area (Å²) in [5.41, 5.74) is 2.59. The van der Waals surface area contributed by atoms with Crippen molar-refractivity contribution in [2.45, 2.75) is 4.21 Å². The van der Waals surface area contributed by atoms with Gasteiger partial charge in [0.2, 0.25) is 0 Å². The monoisotopic (exact) mass is 324 g/mol. The number of hydrogen-bond donors (Lipinski definition) is 0. The SMILES string of the molecule is CSc1sc2c(=O)cc3n(c2c1C#N)C(=O)c1ccccc1-3. The molecule has 0 saturated heterocycles. The van der Waals surface area contributed by atoms with Crippen LogP contribution in [-0.2, 0) is 0 Å². The van der Waals surface area contributed by atoms with Gasteiger partial charge in [-0.3, -0.25) is 14.2 Å². The van der Waals surface area contributed by atoms with Crippen LogP contribution in [0.2, 0.25) is 0 Å². The van der Waals surface area contributed by atoms with Crippen molar-refractivity contribution < 1.29 is 4.79 Å². The van der Waals surface area contributed by atoms with Gasteiger partial charge in [0, 0.05) is 17.2 Å². The molecule has 0 unspecified atom stereocenters. The molecule has 0 saturated carbocycles. The molecular weight excluding hydrogens is 316 g/mol. The van der Waals surface area contributed by atoms with Crippen molar-refractivity contribution in [3.05, 3.63) is 51.7 Å². The Balaban J connectivity index is 2.25. The molecule has 0 spiro atoms. The summed E-state index contributed by atoms with van der Waals surface area (Å²) >= 11 is 2.69. The normalized spacial score (nSPS) is 12.3. The molecule has 1 aromatic carbocycles. The summed E-state index contributed by atoms with van der Waals surface area (Å²) in [5.74, 6) is -0.183. The Morgan fingerprint density at radius 2 is 1.95 bits per heavy atom. The quantitative estimate of drug-likeness (QED) is 0.504. The van der Waals surface area contributed by atoms with Crippen LogP contribution in [-0.4, -0.2) is 16.7 Å². The van der Waals surface area contributed by atoms with Gasteiger partial charge in [-0.05, 0) is 12.3 Å². The summed E-state index contributed by atoms with van der Waals surface area (Å²) in [7, 11) is 0. The van der Waals surface area contributed by atoms with Crippen LogP contribution < -0.4 is 5.43 Å². The molecule has 3 aromatic rings. The van der Waals surface area contributed by atoms with E-state index >= 15 is 0 Å². The fourth-order valence-corrected chi connectivity index (χ4v) is 4.63. The highest BCUT2D eigenvalue weighted by Gasteiger charge is 2.30. The molecule has 0 amide bonds. The van der Waals surface area contributed by atoms with Crippen LogP contribution in [0.15, 0.2) is 39.3 Å². The molecule has 106 valence electrons. The molecule has 3 heterocycles. The maximum Gasteiger partial charge on any atom is 0.263 e. The third kappa shape index (κ3) is 1.52. The Morgan fingerprint density at radius 1 is 1.23 bits per heavy atom. The average molecular weight is 324 g/mol. The number of carbonyl (C=O) groups is 1. The zero-order chi connectivity index (χ0) is 15.4. The minimum atomic E-state index is -0.183. The van der Waals surface area contributed by atoms with Crippen LogP contribution in [0.5, 0.6) is 0 Å². The molecule has 1 aliphatic rings. The molecule has 0 atom stereocenters. The number of benzene rings is 1. The van der Waals surface area contributed by atoms with E-state index in [0.29, 0.717) is 27.0 Å². The van der Waals surface area contributed by atoms with E-state index in [1.54, 1.807) is 12.1 Å². The summed E-state index contributed by atoms with van der Waals surface area (Å²) in [4.78, 5) is 25.1. The predicted molar refractivity (Wildman–Crippen MR) is 87.7 cm³/mol. The molecule has 0 N–H and O–H groups in total.